The number of fused-ring (bicyclic) bond motifs is 1. The van der Waals surface area contributed by atoms with Gasteiger partial charge in [-0.15, -0.1) is 11.3 Å². The van der Waals surface area contributed by atoms with E-state index in [-0.39, 0.29) is 33.4 Å². The van der Waals surface area contributed by atoms with Gasteiger partial charge in [-0.25, -0.2) is 4.79 Å². The number of nitro groups is 1. The summed E-state index contributed by atoms with van der Waals surface area (Å²) in [5, 5.41) is 14.2. The van der Waals surface area contributed by atoms with Gasteiger partial charge in [0, 0.05) is 15.8 Å². The van der Waals surface area contributed by atoms with Gasteiger partial charge in [-0.3, -0.25) is 14.9 Å². The number of benzene rings is 1. The predicted molar refractivity (Wildman–Crippen MR) is 108 cm³/mol. The molecule has 10 heteroatoms. The molecule has 0 unspecified atom stereocenters. The lowest BCUT2D eigenvalue weighted by Crippen LogP contribution is -2.08. The van der Waals surface area contributed by atoms with Crippen LogP contribution < -0.4 is 5.63 Å². The fraction of sp³-hybridized carbons (Fsp3) is 0.222. The standard InChI is InChI=1S/C18H14ClNO6S2/c1-3-25-15(21)7-11-8-27-18(16(11)20(23)24)28-14-6-10-5-12(19)9(2)4-13(10)26-17(14)22/h4-6,8H,3,7H2,1-2H3. The Bertz CT molecular complexity index is 1140. The summed E-state index contributed by atoms with van der Waals surface area (Å²) in [4.78, 5) is 35.2. The van der Waals surface area contributed by atoms with E-state index >= 15 is 0 Å². The van der Waals surface area contributed by atoms with Gasteiger partial charge in [-0.1, -0.05) is 23.4 Å². The van der Waals surface area contributed by atoms with Gasteiger partial charge in [-0.05, 0) is 37.6 Å². The van der Waals surface area contributed by atoms with Crippen LogP contribution in [0.15, 0.2) is 41.9 Å². The normalized spacial score (nSPS) is 11.0. The number of carbonyl (C=O) groups is 1. The van der Waals surface area contributed by atoms with Gasteiger partial charge in [0.2, 0.25) is 0 Å². The second-order valence-electron chi connectivity index (χ2n) is 5.78. The van der Waals surface area contributed by atoms with E-state index in [1.807, 2.05) is 0 Å². The molecule has 2 heterocycles. The lowest BCUT2D eigenvalue weighted by Gasteiger charge is -2.04. The third-order valence-corrected chi connectivity index (χ3v) is 6.45. The zero-order chi connectivity index (χ0) is 20.4. The highest BCUT2D eigenvalue weighted by molar-refractivity contribution is 8.01. The van der Waals surface area contributed by atoms with Crippen LogP contribution in [0.1, 0.15) is 18.1 Å². The van der Waals surface area contributed by atoms with Gasteiger partial charge in [0.25, 0.3) is 5.69 Å². The SMILES string of the molecule is CCOC(=O)Cc1csc(Sc2cc3cc(Cl)c(C)cc3oc2=O)c1[N+](=O)[O-]. The van der Waals surface area contributed by atoms with Crippen LogP contribution in [-0.2, 0) is 16.0 Å². The number of thiophene rings is 1. The zero-order valence-corrected chi connectivity index (χ0v) is 17.2. The average Bonchev–Trinajstić information content (AvgIpc) is 3.00. The van der Waals surface area contributed by atoms with E-state index in [2.05, 4.69) is 0 Å². The largest absolute Gasteiger partial charge is 0.466 e. The molecule has 0 atom stereocenters. The van der Waals surface area contributed by atoms with Crippen molar-refractivity contribution in [1.82, 2.24) is 0 Å². The van der Waals surface area contributed by atoms with Crippen molar-refractivity contribution in [1.29, 1.82) is 0 Å². The Balaban J connectivity index is 1.99. The van der Waals surface area contributed by atoms with Crippen LogP contribution in [-0.4, -0.2) is 17.5 Å². The van der Waals surface area contributed by atoms with Crippen molar-refractivity contribution >= 4 is 57.3 Å². The molecule has 3 aromatic rings. The van der Waals surface area contributed by atoms with Crippen LogP contribution in [0.4, 0.5) is 5.69 Å². The number of rotatable bonds is 6. The first kappa shape index (κ1) is 20.4. The van der Waals surface area contributed by atoms with Gasteiger partial charge in [0.05, 0.1) is 28.4 Å². The second-order valence-corrected chi connectivity index (χ2v) is 8.37. The van der Waals surface area contributed by atoms with Crippen LogP contribution in [0.25, 0.3) is 11.0 Å². The molecule has 0 aliphatic heterocycles. The first-order valence-electron chi connectivity index (χ1n) is 8.12. The van der Waals surface area contributed by atoms with E-state index in [0.29, 0.717) is 16.0 Å². The minimum Gasteiger partial charge on any atom is -0.466 e. The van der Waals surface area contributed by atoms with Gasteiger partial charge in [0.15, 0.2) is 0 Å². The summed E-state index contributed by atoms with van der Waals surface area (Å²) in [6.45, 7) is 3.65. The molecule has 0 aliphatic rings. The van der Waals surface area contributed by atoms with Crippen molar-refractivity contribution in [2.45, 2.75) is 29.4 Å². The van der Waals surface area contributed by atoms with Gasteiger partial charge in [-0.2, -0.15) is 0 Å². The van der Waals surface area contributed by atoms with Crippen LogP contribution in [0, 0.1) is 17.0 Å². The molecule has 146 valence electrons. The third-order valence-electron chi connectivity index (χ3n) is 3.81. The van der Waals surface area contributed by atoms with Crippen molar-refractivity contribution < 1.29 is 18.9 Å². The van der Waals surface area contributed by atoms with E-state index < -0.39 is 16.5 Å². The lowest BCUT2D eigenvalue weighted by atomic mass is 10.2. The molecule has 0 N–H and O–H groups in total. The average molecular weight is 440 g/mol. The number of aryl methyl sites for hydroxylation is 1. The maximum Gasteiger partial charge on any atom is 0.350 e. The molecule has 0 spiro atoms. The van der Waals surface area contributed by atoms with Gasteiger partial charge >= 0.3 is 11.6 Å². The molecule has 28 heavy (non-hydrogen) atoms. The summed E-state index contributed by atoms with van der Waals surface area (Å²) in [7, 11) is 0. The van der Waals surface area contributed by atoms with E-state index in [1.165, 1.54) is 5.38 Å². The number of halogens is 1. The molecule has 0 radical (unpaired) electrons. The van der Waals surface area contributed by atoms with Crippen molar-refractivity contribution in [3.63, 3.8) is 0 Å². The smallest absolute Gasteiger partial charge is 0.350 e. The molecule has 0 saturated heterocycles. The van der Waals surface area contributed by atoms with Crippen LogP contribution in [0.3, 0.4) is 0 Å². The Morgan fingerprint density at radius 3 is 2.82 bits per heavy atom. The first-order valence-corrected chi connectivity index (χ1v) is 10.2. The molecule has 7 nitrogen and oxygen atoms in total. The fourth-order valence-corrected chi connectivity index (χ4v) is 4.87. The summed E-state index contributed by atoms with van der Waals surface area (Å²) in [6.07, 6.45) is -0.206. The van der Waals surface area contributed by atoms with E-state index in [9.17, 15) is 19.7 Å². The Kier molecular flexibility index (Phi) is 6.07. The highest BCUT2D eigenvalue weighted by Crippen LogP contribution is 2.42. The van der Waals surface area contributed by atoms with E-state index in [0.717, 1.165) is 28.7 Å². The Hall–Kier alpha value is -2.36. The Labute approximate surface area is 172 Å². The summed E-state index contributed by atoms with van der Waals surface area (Å²) in [5.41, 5.74) is 0.605. The van der Waals surface area contributed by atoms with Crippen LogP contribution >= 0.6 is 34.7 Å². The minimum atomic E-state index is -0.603. The van der Waals surface area contributed by atoms with Gasteiger partial charge in [0.1, 0.15) is 9.79 Å². The summed E-state index contributed by atoms with van der Waals surface area (Å²) < 4.78 is 10.5. The Morgan fingerprint density at radius 2 is 2.14 bits per heavy atom. The number of nitrogens with zero attached hydrogens (tertiary/aromatic N) is 1. The van der Waals surface area contributed by atoms with E-state index in [1.54, 1.807) is 32.0 Å². The number of esters is 1. The molecule has 0 fully saturated rings. The summed E-state index contributed by atoms with van der Waals surface area (Å²) >= 11 is 8.14. The fourth-order valence-electron chi connectivity index (χ4n) is 2.52. The highest BCUT2D eigenvalue weighted by atomic mass is 35.5. The monoisotopic (exact) mass is 439 g/mol. The molecule has 1 aromatic carbocycles. The lowest BCUT2D eigenvalue weighted by molar-refractivity contribution is -0.387. The van der Waals surface area contributed by atoms with Gasteiger partial charge < -0.3 is 9.15 Å². The number of carbonyl (C=O) groups excluding carboxylic acids is 1. The molecule has 0 saturated carbocycles. The highest BCUT2D eigenvalue weighted by Gasteiger charge is 2.26. The van der Waals surface area contributed by atoms with Crippen molar-refractivity contribution in [2.75, 3.05) is 6.61 Å². The van der Waals surface area contributed by atoms with Crippen LogP contribution in [0.5, 0.6) is 0 Å². The second kappa shape index (κ2) is 8.34. The molecule has 2 aromatic heterocycles. The maximum atomic E-state index is 12.3. The van der Waals surface area contributed by atoms with Crippen molar-refractivity contribution in [3.05, 3.63) is 60.3 Å². The quantitative estimate of drug-likeness (QED) is 0.231. The molecule has 3 rings (SSSR count). The first-order chi connectivity index (χ1) is 13.3. The number of ether oxygens (including phenoxy) is 1. The number of hydrogen-bond donors (Lipinski definition) is 0. The zero-order valence-electron chi connectivity index (χ0n) is 14.8. The molecular weight excluding hydrogens is 426 g/mol. The minimum absolute atomic E-state index is 0.193. The molecule has 0 aliphatic carbocycles. The summed E-state index contributed by atoms with van der Waals surface area (Å²) in [5.74, 6) is -0.546. The third kappa shape index (κ3) is 4.21. The topological polar surface area (TPSA) is 99.7 Å². The summed E-state index contributed by atoms with van der Waals surface area (Å²) in [6, 6.07) is 4.93. The predicted octanol–water partition coefficient (Wildman–Crippen LogP) is 4.98. The maximum absolute atomic E-state index is 12.3. The van der Waals surface area contributed by atoms with Crippen molar-refractivity contribution in [3.8, 4) is 0 Å². The van der Waals surface area contributed by atoms with E-state index in [4.69, 9.17) is 20.8 Å². The molecule has 0 amide bonds. The van der Waals surface area contributed by atoms with Crippen LogP contribution in [0.2, 0.25) is 5.02 Å². The Morgan fingerprint density at radius 1 is 1.39 bits per heavy atom. The van der Waals surface area contributed by atoms with Crippen molar-refractivity contribution in [2.24, 2.45) is 0 Å². The number of hydrogen-bond acceptors (Lipinski definition) is 8. The molecule has 0 bridgehead atoms. The molecular formula is C18H14ClNO6S2.